The Kier molecular flexibility index (Phi) is 4.19. The van der Waals surface area contributed by atoms with Crippen LogP contribution in [0.25, 0.3) is 5.65 Å². The van der Waals surface area contributed by atoms with Gasteiger partial charge in [0, 0.05) is 22.8 Å². The van der Waals surface area contributed by atoms with Crippen molar-refractivity contribution in [2.24, 2.45) is 0 Å². The van der Waals surface area contributed by atoms with Crippen molar-refractivity contribution in [2.45, 2.75) is 23.8 Å². The van der Waals surface area contributed by atoms with Crippen molar-refractivity contribution in [1.29, 1.82) is 0 Å². The maximum absolute atomic E-state index is 13.1. The molecule has 1 fully saturated rings. The van der Waals surface area contributed by atoms with Gasteiger partial charge in [-0.2, -0.15) is 4.31 Å². The van der Waals surface area contributed by atoms with Crippen LogP contribution in [0.2, 0.25) is 10.0 Å². The molecule has 1 saturated heterocycles. The Morgan fingerprint density at radius 1 is 1.08 bits per heavy atom. The molecular weight excluding hydrogens is 383 g/mol. The number of nitrogens with zero attached hydrogens (tertiary/aromatic N) is 4. The minimum absolute atomic E-state index is 0.0886. The highest BCUT2D eigenvalue weighted by molar-refractivity contribution is 7.89. The smallest absolute Gasteiger partial charge is 0.243 e. The number of fused-ring (bicyclic) bond motifs is 1. The fraction of sp³-hybridized carbons (Fsp3) is 0.250. The number of hydrogen-bond donors (Lipinski definition) is 0. The van der Waals surface area contributed by atoms with Crippen molar-refractivity contribution >= 4 is 38.9 Å². The number of rotatable bonds is 3. The van der Waals surface area contributed by atoms with E-state index in [1.165, 1.54) is 22.5 Å². The summed E-state index contributed by atoms with van der Waals surface area (Å²) in [6.45, 7) is 0.416. The summed E-state index contributed by atoms with van der Waals surface area (Å²) < 4.78 is 29.5. The summed E-state index contributed by atoms with van der Waals surface area (Å²) in [6, 6.07) is 9.53. The molecule has 3 aromatic rings. The first-order chi connectivity index (χ1) is 12.0. The summed E-state index contributed by atoms with van der Waals surface area (Å²) in [5.74, 6) is 0.616. The third-order valence-corrected chi connectivity index (χ3v) is 6.61. The largest absolute Gasteiger partial charge is 0.285 e. The van der Waals surface area contributed by atoms with Gasteiger partial charge >= 0.3 is 0 Å². The second kappa shape index (κ2) is 6.25. The molecule has 0 saturated carbocycles. The lowest BCUT2D eigenvalue weighted by atomic mass is 10.2. The van der Waals surface area contributed by atoms with E-state index in [2.05, 4.69) is 10.2 Å². The van der Waals surface area contributed by atoms with Crippen molar-refractivity contribution in [3.63, 3.8) is 0 Å². The maximum atomic E-state index is 13.1. The van der Waals surface area contributed by atoms with E-state index in [0.717, 1.165) is 6.42 Å². The first-order valence-corrected chi connectivity index (χ1v) is 9.94. The Morgan fingerprint density at radius 2 is 1.84 bits per heavy atom. The molecule has 1 aliphatic heterocycles. The molecule has 0 N–H and O–H groups in total. The van der Waals surface area contributed by atoms with Crippen LogP contribution in [0.4, 0.5) is 0 Å². The van der Waals surface area contributed by atoms with Crippen LogP contribution < -0.4 is 0 Å². The molecule has 0 spiro atoms. The van der Waals surface area contributed by atoms with Gasteiger partial charge in [-0.1, -0.05) is 29.3 Å². The van der Waals surface area contributed by atoms with Crippen molar-refractivity contribution in [1.82, 2.24) is 18.9 Å². The van der Waals surface area contributed by atoms with Gasteiger partial charge in [0.1, 0.15) is 0 Å². The summed E-state index contributed by atoms with van der Waals surface area (Å²) in [5.41, 5.74) is 0.688. The Morgan fingerprint density at radius 3 is 2.60 bits per heavy atom. The Labute approximate surface area is 155 Å². The zero-order valence-electron chi connectivity index (χ0n) is 13.0. The molecule has 1 atom stereocenters. The van der Waals surface area contributed by atoms with Gasteiger partial charge in [-0.3, -0.25) is 4.40 Å². The Balaban J connectivity index is 1.78. The average molecular weight is 397 g/mol. The van der Waals surface area contributed by atoms with Crippen molar-refractivity contribution < 1.29 is 8.42 Å². The lowest BCUT2D eigenvalue weighted by molar-refractivity contribution is 0.381. The topological polar surface area (TPSA) is 67.6 Å². The monoisotopic (exact) mass is 396 g/mol. The van der Waals surface area contributed by atoms with Gasteiger partial charge in [0.2, 0.25) is 10.0 Å². The molecule has 25 heavy (non-hydrogen) atoms. The van der Waals surface area contributed by atoms with E-state index >= 15 is 0 Å². The quantitative estimate of drug-likeness (QED) is 0.678. The van der Waals surface area contributed by atoms with E-state index in [1.54, 1.807) is 0 Å². The summed E-state index contributed by atoms with van der Waals surface area (Å²) in [6.07, 6.45) is 3.27. The first-order valence-electron chi connectivity index (χ1n) is 7.74. The van der Waals surface area contributed by atoms with Crippen LogP contribution >= 0.6 is 23.2 Å². The van der Waals surface area contributed by atoms with Gasteiger partial charge in [-0.25, -0.2) is 8.42 Å². The van der Waals surface area contributed by atoms with Gasteiger partial charge in [-0.05, 0) is 43.2 Å². The van der Waals surface area contributed by atoms with Gasteiger partial charge in [-0.15, -0.1) is 10.2 Å². The highest BCUT2D eigenvalue weighted by Gasteiger charge is 2.38. The van der Waals surface area contributed by atoms with E-state index in [0.29, 0.717) is 24.4 Å². The van der Waals surface area contributed by atoms with Crippen LogP contribution in [0.3, 0.4) is 0 Å². The van der Waals surface area contributed by atoms with E-state index < -0.39 is 10.0 Å². The SMILES string of the molecule is O=S(=O)(c1cc(Cl)cc(Cl)c1)N1CCCC1c1nnc2ccccn12. The van der Waals surface area contributed by atoms with Crippen LogP contribution in [0.5, 0.6) is 0 Å². The van der Waals surface area contributed by atoms with E-state index in [1.807, 2.05) is 28.8 Å². The Hall–Kier alpha value is -1.67. The van der Waals surface area contributed by atoms with Crippen LogP contribution in [0, 0.1) is 0 Å². The molecule has 130 valence electrons. The summed E-state index contributed by atoms with van der Waals surface area (Å²) >= 11 is 12.0. The molecular formula is C16H14Cl2N4O2S. The molecule has 0 aliphatic carbocycles. The van der Waals surface area contributed by atoms with Crippen molar-refractivity contribution in [3.05, 3.63) is 58.5 Å². The minimum atomic E-state index is -3.74. The lowest BCUT2D eigenvalue weighted by Gasteiger charge is -2.23. The second-order valence-electron chi connectivity index (χ2n) is 5.87. The van der Waals surface area contributed by atoms with Gasteiger partial charge in [0.25, 0.3) is 0 Å². The molecule has 0 amide bonds. The lowest BCUT2D eigenvalue weighted by Crippen LogP contribution is -2.31. The molecule has 6 nitrogen and oxygen atoms in total. The molecule has 1 unspecified atom stereocenters. The minimum Gasteiger partial charge on any atom is -0.285 e. The molecule has 0 bridgehead atoms. The van der Waals surface area contributed by atoms with E-state index in [9.17, 15) is 8.42 Å². The Bertz CT molecular complexity index is 1030. The highest BCUT2D eigenvalue weighted by Crippen LogP contribution is 2.36. The second-order valence-corrected chi connectivity index (χ2v) is 8.63. The molecule has 0 radical (unpaired) electrons. The normalized spacial score (nSPS) is 18.9. The third-order valence-electron chi connectivity index (χ3n) is 4.28. The third kappa shape index (κ3) is 2.91. The number of pyridine rings is 1. The molecule has 9 heteroatoms. The van der Waals surface area contributed by atoms with Gasteiger partial charge < -0.3 is 0 Å². The van der Waals surface area contributed by atoms with E-state index in [4.69, 9.17) is 23.2 Å². The highest BCUT2D eigenvalue weighted by atomic mass is 35.5. The number of halogens is 2. The average Bonchev–Trinajstić information content (AvgIpc) is 3.20. The predicted octanol–water partition coefficient (Wildman–Crippen LogP) is 3.56. The van der Waals surface area contributed by atoms with Crippen molar-refractivity contribution in [2.75, 3.05) is 6.54 Å². The summed E-state index contributed by atoms with van der Waals surface area (Å²) in [4.78, 5) is 0.0886. The summed E-state index contributed by atoms with van der Waals surface area (Å²) in [7, 11) is -3.74. The molecule has 2 aromatic heterocycles. The molecule has 1 aliphatic rings. The fourth-order valence-electron chi connectivity index (χ4n) is 3.19. The first kappa shape index (κ1) is 16.8. The predicted molar refractivity (Wildman–Crippen MR) is 95.3 cm³/mol. The van der Waals surface area contributed by atoms with Crippen LogP contribution in [-0.2, 0) is 10.0 Å². The number of sulfonamides is 1. The zero-order chi connectivity index (χ0) is 17.6. The van der Waals surface area contributed by atoms with Crippen LogP contribution in [0.15, 0.2) is 47.5 Å². The molecule has 3 heterocycles. The van der Waals surface area contributed by atoms with Crippen LogP contribution in [-0.4, -0.2) is 33.9 Å². The van der Waals surface area contributed by atoms with Gasteiger partial charge in [0.05, 0.1) is 10.9 Å². The molecule has 1 aromatic carbocycles. The van der Waals surface area contributed by atoms with Gasteiger partial charge in [0.15, 0.2) is 11.5 Å². The number of aromatic nitrogens is 3. The number of benzene rings is 1. The standard InChI is InChI=1S/C16H14Cl2N4O2S/c17-11-8-12(18)10-13(9-11)25(23,24)22-7-3-4-14(22)16-20-19-15-5-1-2-6-21(15)16/h1-2,5-6,8-10,14H,3-4,7H2. The maximum Gasteiger partial charge on any atom is 0.243 e. The summed E-state index contributed by atoms with van der Waals surface area (Å²) in [5, 5.41) is 8.93. The fourth-order valence-corrected chi connectivity index (χ4v) is 5.57. The molecule has 4 rings (SSSR count). The van der Waals surface area contributed by atoms with Crippen molar-refractivity contribution in [3.8, 4) is 0 Å². The van der Waals surface area contributed by atoms with Crippen LogP contribution in [0.1, 0.15) is 24.7 Å². The van der Waals surface area contributed by atoms with E-state index in [-0.39, 0.29) is 21.0 Å². The zero-order valence-corrected chi connectivity index (χ0v) is 15.3. The number of hydrogen-bond acceptors (Lipinski definition) is 4.